The number of sulfonamides is 1. The molecule has 2 heterocycles. The molecule has 33 heavy (non-hydrogen) atoms. The predicted molar refractivity (Wildman–Crippen MR) is 121 cm³/mol. The average Bonchev–Trinajstić information content (AvgIpc) is 3.05. The number of nitrogens with zero attached hydrogens (tertiary/aromatic N) is 2. The topological polar surface area (TPSA) is 131 Å². The third-order valence-electron chi connectivity index (χ3n) is 6.02. The smallest absolute Gasteiger partial charge is 0.323 e. The molecule has 2 aliphatic heterocycles. The van der Waals surface area contributed by atoms with E-state index in [1.165, 1.54) is 41.6 Å². The first kappa shape index (κ1) is 23.3. The number of halogens is 2. The fourth-order valence-electron chi connectivity index (χ4n) is 4.44. The van der Waals surface area contributed by atoms with Crippen LogP contribution in [-0.2, 0) is 10.0 Å². The molecule has 4 N–H and O–H groups in total. The fraction of sp³-hybridized carbons (Fsp3) is 0.333. The predicted octanol–water partition coefficient (Wildman–Crippen LogP) is 4.28. The molecule has 12 heteroatoms. The van der Waals surface area contributed by atoms with Gasteiger partial charge in [0.2, 0.25) is 10.0 Å². The minimum Gasteiger partial charge on any atom is -0.504 e. The van der Waals surface area contributed by atoms with Gasteiger partial charge in [0.1, 0.15) is 10.7 Å². The molecular weight excluding hydrogens is 475 g/mol. The second kappa shape index (κ2) is 8.81. The van der Waals surface area contributed by atoms with Gasteiger partial charge < -0.3 is 20.9 Å². The van der Waals surface area contributed by atoms with E-state index in [0.29, 0.717) is 18.6 Å². The van der Waals surface area contributed by atoms with Crippen LogP contribution in [0.5, 0.6) is 5.75 Å². The molecule has 0 radical (unpaired) electrons. The number of nitrogens with one attached hydrogen (secondary N) is 2. The van der Waals surface area contributed by atoms with E-state index >= 15 is 0 Å². The maximum atomic E-state index is 13.7. The first-order chi connectivity index (χ1) is 15.6. The molecule has 4 rings (SSSR count). The Morgan fingerprint density at radius 3 is 2.42 bits per heavy atom. The number of carbonyl (C=O) groups excluding carboxylic acids is 1. The summed E-state index contributed by atoms with van der Waals surface area (Å²) in [4.78, 5) is 11.9. The first-order valence-corrected chi connectivity index (χ1v) is 12.0. The molecule has 2 aromatic rings. The number of rotatable bonds is 4. The summed E-state index contributed by atoms with van der Waals surface area (Å²) in [6, 6.07) is 5.11. The van der Waals surface area contributed by atoms with Crippen molar-refractivity contribution in [2.45, 2.75) is 49.6 Å². The number of piperidine rings is 1. The minimum absolute atomic E-state index is 0.175. The Bertz CT molecular complexity index is 1240. The summed E-state index contributed by atoms with van der Waals surface area (Å²) in [5, 5.41) is 27.8. The highest BCUT2D eigenvalue weighted by molar-refractivity contribution is 7.89. The van der Waals surface area contributed by atoms with Gasteiger partial charge in [0.05, 0.1) is 16.4 Å². The number of oxime groups is 1. The largest absolute Gasteiger partial charge is 0.504 e. The summed E-state index contributed by atoms with van der Waals surface area (Å²) >= 11 is 6.18. The molecule has 0 aliphatic carbocycles. The number of fused-ring (bicyclic) bond motifs is 2. The van der Waals surface area contributed by atoms with Gasteiger partial charge in [-0.25, -0.2) is 17.6 Å². The normalized spacial score (nSPS) is 21.8. The maximum Gasteiger partial charge on any atom is 0.323 e. The lowest BCUT2D eigenvalue weighted by atomic mass is 10.0. The van der Waals surface area contributed by atoms with Gasteiger partial charge in [0.15, 0.2) is 5.75 Å². The lowest BCUT2D eigenvalue weighted by Crippen LogP contribution is -2.46. The molecule has 2 bridgehead atoms. The highest BCUT2D eigenvalue weighted by atomic mass is 35.5. The third-order valence-corrected chi connectivity index (χ3v) is 8.53. The number of benzene rings is 2. The summed E-state index contributed by atoms with van der Waals surface area (Å²) in [6.45, 7) is 1.50. The second-order valence-electron chi connectivity index (χ2n) is 8.06. The number of hydrogen-bond acceptors (Lipinski definition) is 6. The SMILES string of the molecule is Cc1c(F)cccc1NC(=O)Nc1ccc(Cl)c(S(=O)(=O)N2[C@@H]3CC[C@H]2CC(=NO)C3)c1O. The van der Waals surface area contributed by atoms with Crippen LogP contribution >= 0.6 is 11.6 Å². The Morgan fingerprint density at radius 1 is 1.15 bits per heavy atom. The minimum atomic E-state index is -4.23. The highest BCUT2D eigenvalue weighted by Crippen LogP contribution is 2.44. The van der Waals surface area contributed by atoms with Crippen LogP contribution in [-0.4, -0.2) is 46.9 Å². The summed E-state index contributed by atoms with van der Waals surface area (Å²) in [7, 11) is -4.23. The summed E-state index contributed by atoms with van der Waals surface area (Å²) in [6.07, 6.45) is 1.76. The van der Waals surface area contributed by atoms with Crippen molar-refractivity contribution in [3.05, 3.63) is 46.7 Å². The van der Waals surface area contributed by atoms with Crippen molar-refractivity contribution in [1.82, 2.24) is 4.31 Å². The zero-order valence-electron chi connectivity index (χ0n) is 17.5. The lowest BCUT2D eigenvalue weighted by Gasteiger charge is -2.34. The number of aromatic hydroxyl groups is 1. The summed E-state index contributed by atoms with van der Waals surface area (Å²) < 4.78 is 42.0. The van der Waals surface area contributed by atoms with Crippen molar-refractivity contribution in [1.29, 1.82) is 0 Å². The van der Waals surface area contributed by atoms with Crippen LogP contribution in [0.15, 0.2) is 40.4 Å². The van der Waals surface area contributed by atoms with Crippen LogP contribution in [0.4, 0.5) is 20.6 Å². The Labute approximate surface area is 194 Å². The van der Waals surface area contributed by atoms with Crippen LogP contribution < -0.4 is 10.6 Å². The number of hydrogen-bond donors (Lipinski definition) is 4. The van der Waals surface area contributed by atoms with Crippen LogP contribution in [0.3, 0.4) is 0 Å². The van der Waals surface area contributed by atoms with E-state index in [1.807, 2.05) is 0 Å². The number of urea groups is 1. The Kier molecular flexibility index (Phi) is 6.21. The molecule has 0 saturated carbocycles. The summed E-state index contributed by atoms with van der Waals surface area (Å²) in [5.41, 5.74) is 0.804. The number of phenols is 1. The van der Waals surface area contributed by atoms with Crippen molar-refractivity contribution in [2.24, 2.45) is 5.16 Å². The van der Waals surface area contributed by atoms with Gasteiger partial charge in [-0.15, -0.1) is 0 Å². The van der Waals surface area contributed by atoms with Crippen molar-refractivity contribution in [3.8, 4) is 5.75 Å². The van der Waals surface area contributed by atoms with E-state index in [4.69, 9.17) is 16.8 Å². The second-order valence-corrected chi connectivity index (χ2v) is 10.2. The molecule has 2 fully saturated rings. The molecule has 2 atom stereocenters. The zero-order valence-corrected chi connectivity index (χ0v) is 19.1. The molecule has 2 aliphatic rings. The van der Waals surface area contributed by atoms with Crippen molar-refractivity contribution in [3.63, 3.8) is 0 Å². The van der Waals surface area contributed by atoms with Crippen LogP contribution in [0.25, 0.3) is 0 Å². The van der Waals surface area contributed by atoms with E-state index in [2.05, 4.69) is 15.8 Å². The van der Waals surface area contributed by atoms with E-state index in [0.717, 1.165) is 0 Å². The molecule has 2 saturated heterocycles. The molecule has 0 spiro atoms. The van der Waals surface area contributed by atoms with Crippen molar-refractivity contribution >= 4 is 44.7 Å². The van der Waals surface area contributed by atoms with Gasteiger partial charge in [-0.3, -0.25) is 0 Å². The van der Waals surface area contributed by atoms with E-state index in [-0.39, 0.29) is 34.8 Å². The quantitative estimate of drug-likeness (QED) is 0.285. The van der Waals surface area contributed by atoms with Gasteiger partial charge in [0.25, 0.3) is 0 Å². The van der Waals surface area contributed by atoms with Crippen molar-refractivity contribution in [2.75, 3.05) is 10.6 Å². The Hall–Kier alpha value is -2.89. The Morgan fingerprint density at radius 2 is 1.79 bits per heavy atom. The van der Waals surface area contributed by atoms with E-state index < -0.39 is 44.6 Å². The zero-order chi connectivity index (χ0) is 23.9. The fourth-order valence-corrected chi connectivity index (χ4v) is 6.91. The van der Waals surface area contributed by atoms with Crippen LogP contribution in [0, 0.1) is 12.7 Å². The molecule has 0 unspecified atom stereocenters. The van der Waals surface area contributed by atoms with Gasteiger partial charge in [-0.2, -0.15) is 4.31 Å². The number of phenolic OH excluding ortho intramolecular Hbond substituents is 1. The number of carbonyl (C=O) groups is 1. The van der Waals surface area contributed by atoms with Gasteiger partial charge in [-0.05, 0) is 44.0 Å². The maximum absolute atomic E-state index is 13.7. The first-order valence-electron chi connectivity index (χ1n) is 10.2. The van der Waals surface area contributed by atoms with Crippen molar-refractivity contribution < 1.29 is 27.9 Å². The number of amides is 2. The molecule has 2 aromatic carbocycles. The monoisotopic (exact) mass is 496 g/mol. The highest BCUT2D eigenvalue weighted by Gasteiger charge is 2.48. The summed E-state index contributed by atoms with van der Waals surface area (Å²) in [5.74, 6) is -1.20. The van der Waals surface area contributed by atoms with E-state index in [1.54, 1.807) is 0 Å². The molecule has 2 amide bonds. The van der Waals surface area contributed by atoms with Gasteiger partial charge >= 0.3 is 6.03 Å². The lowest BCUT2D eigenvalue weighted by molar-refractivity contribution is 0.262. The van der Waals surface area contributed by atoms with Gasteiger partial charge in [-0.1, -0.05) is 22.8 Å². The van der Waals surface area contributed by atoms with Gasteiger partial charge in [0, 0.05) is 36.2 Å². The number of anilines is 2. The molecule has 0 aromatic heterocycles. The average molecular weight is 497 g/mol. The third kappa shape index (κ3) is 4.23. The van der Waals surface area contributed by atoms with Crippen LogP contribution in [0.1, 0.15) is 31.2 Å². The molecule has 9 nitrogen and oxygen atoms in total. The molecule has 176 valence electrons. The standard InChI is InChI=1S/C21H22ClFN4O5S/c1-11-16(23)3-2-4-17(11)24-21(29)25-18-8-7-15(22)20(19(18)28)33(31,32)27-13-5-6-14(27)10-12(9-13)26-30/h2-4,7-8,13-14,28,30H,5-6,9-10H2,1H3,(H2,24,25,29)/t13-,14+. The van der Waals surface area contributed by atoms with E-state index in [9.17, 15) is 22.7 Å². The molecular formula is C21H22ClFN4O5S. The van der Waals surface area contributed by atoms with Crippen LogP contribution in [0.2, 0.25) is 5.02 Å². The Balaban J connectivity index is 1.62.